The molecule has 0 aliphatic rings. The lowest BCUT2D eigenvalue weighted by Crippen LogP contribution is -1.90. The molecule has 1 aromatic heterocycles. The summed E-state index contributed by atoms with van der Waals surface area (Å²) < 4.78 is 1.30. The Morgan fingerprint density at radius 2 is 1.50 bits per heavy atom. The van der Waals surface area contributed by atoms with Crippen LogP contribution in [-0.2, 0) is 0 Å². The molecule has 0 bridgehead atoms. The van der Waals surface area contributed by atoms with Gasteiger partial charge in [-0.1, -0.05) is 54.6 Å². The molecule has 2 N–H and O–H groups in total. The van der Waals surface area contributed by atoms with Crippen molar-refractivity contribution in [3.63, 3.8) is 0 Å². The molecule has 96 valence electrons. The summed E-state index contributed by atoms with van der Waals surface area (Å²) in [5.74, 6) is 0. The highest BCUT2D eigenvalue weighted by molar-refractivity contribution is 7.22. The first kappa shape index (κ1) is 11.5. The van der Waals surface area contributed by atoms with Crippen LogP contribution in [0.2, 0.25) is 0 Å². The van der Waals surface area contributed by atoms with E-state index < -0.39 is 0 Å². The largest absolute Gasteiger partial charge is 0.398 e. The molecule has 20 heavy (non-hydrogen) atoms. The van der Waals surface area contributed by atoms with Gasteiger partial charge in [0.15, 0.2) is 0 Å². The fourth-order valence-corrected chi connectivity index (χ4v) is 3.73. The van der Waals surface area contributed by atoms with Gasteiger partial charge in [0, 0.05) is 26.2 Å². The molecule has 2 heteroatoms. The van der Waals surface area contributed by atoms with Crippen molar-refractivity contribution in [2.24, 2.45) is 0 Å². The third-order valence-corrected chi connectivity index (χ3v) is 4.81. The SMILES string of the molecule is Nc1c(-c2cc3ccccc3s2)ccc2ccccc12. The average Bonchev–Trinajstić information content (AvgIpc) is 2.91. The van der Waals surface area contributed by atoms with Crippen molar-refractivity contribution in [1.82, 2.24) is 0 Å². The third-order valence-electron chi connectivity index (χ3n) is 3.66. The van der Waals surface area contributed by atoms with Crippen LogP contribution in [0.4, 0.5) is 5.69 Å². The molecule has 0 amide bonds. The van der Waals surface area contributed by atoms with Crippen molar-refractivity contribution in [2.75, 3.05) is 5.73 Å². The molecule has 0 aliphatic carbocycles. The number of fused-ring (bicyclic) bond motifs is 2. The van der Waals surface area contributed by atoms with Crippen LogP contribution in [0.25, 0.3) is 31.3 Å². The second-order valence-electron chi connectivity index (χ2n) is 4.90. The molecule has 0 saturated heterocycles. The zero-order chi connectivity index (χ0) is 13.5. The van der Waals surface area contributed by atoms with Crippen molar-refractivity contribution >= 4 is 37.9 Å². The highest BCUT2D eigenvalue weighted by atomic mass is 32.1. The van der Waals surface area contributed by atoms with Gasteiger partial charge in [0.2, 0.25) is 0 Å². The van der Waals surface area contributed by atoms with Crippen molar-refractivity contribution in [3.05, 3.63) is 66.7 Å². The first-order valence-corrected chi connectivity index (χ1v) is 7.41. The minimum atomic E-state index is 0.870. The molecule has 4 aromatic rings. The predicted molar refractivity (Wildman–Crippen MR) is 89.2 cm³/mol. The summed E-state index contributed by atoms with van der Waals surface area (Å²) >= 11 is 1.79. The maximum Gasteiger partial charge on any atom is 0.0481 e. The number of hydrogen-bond donors (Lipinski definition) is 1. The van der Waals surface area contributed by atoms with Crippen LogP contribution < -0.4 is 5.73 Å². The van der Waals surface area contributed by atoms with Gasteiger partial charge in [-0.3, -0.25) is 0 Å². The molecule has 0 atom stereocenters. The van der Waals surface area contributed by atoms with Crippen molar-refractivity contribution < 1.29 is 0 Å². The zero-order valence-electron chi connectivity index (χ0n) is 10.8. The Bertz CT molecular complexity index is 888. The summed E-state index contributed by atoms with van der Waals surface area (Å²) in [6.45, 7) is 0. The van der Waals surface area contributed by atoms with Crippen LogP contribution in [0.3, 0.4) is 0 Å². The van der Waals surface area contributed by atoms with E-state index in [0.29, 0.717) is 0 Å². The fraction of sp³-hybridized carbons (Fsp3) is 0. The maximum atomic E-state index is 6.38. The van der Waals surface area contributed by atoms with E-state index in [1.807, 2.05) is 12.1 Å². The first-order valence-electron chi connectivity index (χ1n) is 6.59. The number of anilines is 1. The Balaban J connectivity index is 1.99. The monoisotopic (exact) mass is 275 g/mol. The number of thiophene rings is 1. The van der Waals surface area contributed by atoms with E-state index in [-0.39, 0.29) is 0 Å². The van der Waals surface area contributed by atoms with Gasteiger partial charge in [-0.05, 0) is 22.9 Å². The third kappa shape index (κ3) is 1.69. The summed E-state index contributed by atoms with van der Waals surface area (Å²) in [4.78, 5) is 1.23. The minimum Gasteiger partial charge on any atom is -0.398 e. The minimum absolute atomic E-state index is 0.870. The molecule has 0 saturated carbocycles. The zero-order valence-corrected chi connectivity index (χ0v) is 11.7. The Morgan fingerprint density at radius 1 is 0.750 bits per heavy atom. The van der Waals surface area contributed by atoms with E-state index in [9.17, 15) is 0 Å². The second-order valence-corrected chi connectivity index (χ2v) is 5.98. The van der Waals surface area contributed by atoms with Gasteiger partial charge < -0.3 is 5.73 Å². The van der Waals surface area contributed by atoms with Crippen LogP contribution in [0, 0.1) is 0 Å². The Kier molecular flexibility index (Phi) is 2.51. The summed E-state index contributed by atoms with van der Waals surface area (Å²) in [6, 6.07) is 23.2. The van der Waals surface area contributed by atoms with Gasteiger partial charge in [0.1, 0.15) is 0 Å². The molecule has 0 radical (unpaired) electrons. The summed E-state index contributed by atoms with van der Waals surface area (Å²) in [6.07, 6.45) is 0. The van der Waals surface area contributed by atoms with E-state index >= 15 is 0 Å². The number of rotatable bonds is 1. The number of benzene rings is 3. The van der Waals surface area contributed by atoms with Crippen LogP contribution in [-0.4, -0.2) is 0 Å². The lowest BCUT2D eigenvalue weighted by molar-refractivity contribution is 1.72. The predicted octanol–water partition coefficient (Wildman–Crippen LogP) is 5.30. The Morgan fingerprint density at radius 3 is 2.35 bits per heavy atom. The van der Waals surface area contributed by atoms with Gasteiger partial charge in [-0.2, -0.15) is 0 Å². The molecule has 1 heterocycles. The van der Waals surface area contributed by atoms with E-state index in [4.69, 9.17) is 5.73 Å². The van der Waals surface area contributed by atoms with Crippen molar-refractivity contribution in [1.29, 1.82) is 0 Å². The van der Waals surface area contributed by atoms with E-state index in [0.717, 1.165) is 16.6 Å². The van der Waals surface area contributed by atoms with Crippen LogP contribution in [0.5, 0.6) is 0 Å². The highest BCUT2D eigenvalue weighted by Gasteiger charge is 2.09. The molecule has 3 aromatic carbocycles. The summed E-state index contributed by atoms with van der Waals surface area (Å²) in [5, 5.41) is 3.59. The summed E-state index contributed by atoms with van der Waals surface area (Å²) in [7, 11) is 0. The number of nitrogens with two attached hydrogens (primary N) is 1. The van der Waals surface area contributed by atoms with Crippen LogP contribution in [0.1, 0.15) is 0 Å². The van der Waals surface area contributed by atoms with Crippen molar-refractivity contribution in [2.45, 2.75) is 0 Å². The average molecular weight is 275 g/mol. The molecule has 0 spiro atoms. The smallest absolute Gasteiger partial charge is 0.0481 e. The molecule has 1 nitrogen and oxygen atoms in total. The molecular formula is C18H13NS. The second kappa shape index (κ2) is 4.36. The van der Waals surface area contributed by atoms with Gasteiger partial charge in [0.05, 0.1) is 0 Å². The molecule has 4 rings (SSSR count). The lowest BCUT2D eigenvalue weighted by atomic mass is 10.0. The quantitative estimate of drug-likeness (QED) is 0.468. The molecule has 0 fully saturated rings. The fourth-order valence-electron chi connectivity index (χ4n) is 2.63. The molecule has 0 unspecified atom stereocenters. The first-order chi connectivity index (χ1) is 9.83. The van der Waals surface area contributed by atoms with Crippen LogP contribution in [0.15, 0.2) is 66.7 Å². The lowest BCUT2D eigenvalue weighted by Gasteiger charge is -2.07. The highest BCUT2D eigenvalue weighted by Crippen LogP contribution is 2.38. The van der Waals surface area contributed by atoms with Gasteiger partial charge >= 0.3 is 0 Å². The molecular weight excluding hydrogens is 262 g/mol. The van der Waals surface area contributed by atoms with E-state index in [1.54, 1.807) is 11.3 Å². The van der Waals surface area contributed by atoms with E-state index in [2.05, 4.69) is 54.6 Å². The van der Waals surface area contributed by atoms with E-state index in [1.165, 1.54) is 20.3 Å². The topological polar surface area (TPSA) is 26.0 Å². The van der Waals surface area contributed by atoms with Gasteiger partial charge in [-0.15, -0.1) is 11.3 Å². The van der Waals surface area contributed by atoms with Gasteiger partial charge in [0.25, 0.3) is 0 Å². The number of hydrogen-bond acceptors (Lipinski definition) is 2. The normalized spacial score (nSPS) is 11.2. The maximum absolute atomic E-state index is 6.38. The molecule has 0 aliphatic heterocycles. The number of nitrogen functional groups attached to an aromatic ring is 1. The standard InChI is InChI=1S/C18H13NS/c19-18-14-7-3-1-5-12(14)9-10-15(18)17-11-13-6-2-4-8-16(13)20-17/h1-11H,19H2. The Hall–Kier alpha value is -2.32. The summed E-state index contributed by atoms with van der Waals surface area (Å²) in [5.41, 5.74) is 8.38. The van der Waals surface area contributed by atoms with Gasteiger partial charge in [-0.25, -0.2) is 0 Å². The Labute approximate surface area is 121 Å². The van der Waals surface area contributed by atoms with Crippen LogP contribution >= 0.6 is 11.3 Å². The van der Waals surface area contributed by atoms with Crippen molar-refractivity contribution in [3.8, 4) is 10.4 Å².